The second kappa shape index (κ2) is 8.40. The summed E-state index contributed by atoms with van der Waals surface area (Å²) in [6, 6.07) is 6.63. The molecule has 4 aromatic rings. The van der Waals surface area contributed by atoms with Crippen LogP contribution in [0.5, 0.6) is 0 Å². The SMILES string of the molecule is Cc1c(CN[C@H]2CC[C@H](C(=O)O)CC2)nc2c(-c3cnc4ccc(F)cc4c3)cnn2c1N. The van der Waals surface area contributed by atoms with Gasteiger partial charge in [-0.2, -0.15) is 9.61 Å². The van der Waals surface area contributed by atoms with Crippen molar-refractivity contribution >= 4 is 28.3 Å². The number of benzene rings is 1. The number of halogens is 1. The molecule has 170 valence electrons. The van der Waals surface area contributed by atoms with Gasteiger partial charge in [0.15, 0.2) is 5.65 Å². The monoisotopic (exact) mass is 448 g/mol. The van der Waals surface area contributed by atoms with E-state index in [4.69, 9.17) is 10.7 Å². The van der Waals surface area contributed by atoms with E-state index in [9.17, 15) is 14.3 Å². The molecule has 33 heavy (non-hydrogen) atoms. The number of aliphatic carboxylic acids is 1. The van der Waals surface area contributed by atoms with Crippen molar-refractivity contribution in [2.75, 3.05) is 5.73 Å². The van der Waals surface area contributed by atoms with E-state index in [0.29, 0.717) is 41.8 Å². The number of nitrogens with zero attached hydrogens (tertiary/aromatic N) is 4. The normalized spacial score (nSPS) is 18.7. The number of pyridine rings is 1. The van der Waals surface area contributed by atoms with E-state index in [1.165, 1.54) is 12.1 Å². The fraction of sp³-hybridized carbons (Fsp3) is 0.333. The molecule has 4 N–H and O–H groups in total. The highest BCUT2D eigenvalue weighted by molar-refractivity contribution is 5.87. The maximum absolute atomic E-state index is 13.7. The Bertz CT molecular complexity index is 1360. The molecule has 3 aromatic heterocycles. The van der Waals surface area contributed by atoms with Crippen LogP contribution < -0.4 is 11.1 Å². The van der Waals surface area contributed by atoms with Crippen molar-refractivity contribution in [1.29, 1.82) is 0 Å². The highest BCUT2D eigenvalue weighted by Crippen LogP contribution is 2.29. The van der Waals surface area contributed by atoms with Gasteiger partial charge in [-0.1, -0.05) is 0 Å². The summed E-state index contributed by atoms with van der Waals surface area (Å²) < 4.78 is 15.3. The van der Waals surface area contributed by atoms with E-state index in [2.05, 4.69) is 15.4 Å². The van der Waals surface area contributed by atoms with Crippen LogP contribution in [0.2, 0.25) is 0 Å². The van der Waals surface area contributed by atoms with Crippen LogP contribution in [0.4, 0.5) is 10.2 Å². The highest BCUT2D eigenvalue weighted by atomic mass is 19.1. The van der Waals surface area contributed by atoms with E-state index in [0.717, 1.165) is 35.2 Å². The zero-order chi connectivity index (χ0) is 23.1. The zero-order valence-corrected chi connectivity index (χ0v) is 18.3. The minimum Gasteiger partial charge on any atom is -0.481 e. The summed E-state index contributed by atoms with van der Waals surface area (Å²) >= 11 is 0. The topological polar surface area (TPSA) is 118 Å². The first-order chi connectivity index (χ1) is 15.9. The summed E-state index contributed by atoms with van der Waals surface area (Å²) in [6.45, 7) is 2.45. The number of anilines is 1. The van der Waals surface area contributed by atoms with Gasteiger partial charge >= 0.3 is 5.97 Å². The molecule has 1 saturated carbocycles. The van der Waals surface area contributed by atoms with Crippen LogP contribution in [0, 0.1) is 18.7 Å². The van der Waals surface area contributed by atoms with Gasteiger partial charge in [0.05, 0.1) is 23.3 Å². The van der Waals surface area contributed by atoms with Crippen molar-refractivity contribution < 1.29 is 14.3 Å². The van der Waals surface area contributed by atoms with Crippen molar-refractivity contribution in [2.45, 2.75) is 45.2 Å². The Morgan fingerprint density at radius 3 is 2.79 bits per heavy atom. The first-order valence-electron chi connectivity index (χ1n) is 11.1. The lowest BCUT2D eigenvalue weighted by Gasteiger charge is -2.27. The molecule has 0 spiro atoms. The Labute approximate surface area is 189 Å². The molecule has 1 aromatic carbocycles. The number of aromatic nitrogens is 4. The number of rotatable bonds is 5. The predicted molar refractivity (Wildman–Crippen MR) is 123 cm³/mol. The lowest BCUT2D eigenvalue weighted by molar-refractivity contribution is -0.142. The lowest BCUT2D eigenvalue weighted by atomic mass is 9.86. The Balaban J connectivity index is 1.44. The van der Waals surface area contributed by atoms with Gasteiger partial charge in [0, 0.05) is 40.9 Å². The van der Waals surface area contributed by atoms with Crippen molar-refractivity contribution in [3.05, 3.63) is 53.7 Å². The van der Waals surface area contributed by atoms with Crippen molar-refractivity contribution in [3.8, 4) is 11.1 Å². The van der Waals surface area contributed by atoms with Gasteiger partial charge in [-0.15, -0.1) is 0 Å². The fourth-order valence-electron chi connectivity index (χ4n) is 4.56. The second-order valence-corrected chi connectivity index (χ2v) is 8.69. The standard InChI is InChI=1S/C24H25FN6O2/c1-13-21(12-27-18-5-2-14(3-6-18)24(32)33)30-23-19(11-29-31(23)22(13)26)16-8-15-9-17(25)4-7-20(15)28-10-16/h4,7-11,14,18,27H,2-3,5-6,12,26H2,1H3,(H,32,33)/t14-,18-. The maximum atomic E-state index is 13.7. The molecule has 0 amide bonds. The van der Waals surface area contributed by atoms with E-state index in [-0.39, 0.29) is 17.8 Å². The molecule has 0 unspecified atom stereocenters. The Morgan fingerprint density at radius 2 is 2.03 bits per heavy atom. The van der Waals surface area contributed by atoms with Gasteiger partial charge in [0.1, 0.15) is 11.6 Å². The van der Waals surface area contributed by atoms with E-state index >= 15 is 0 Å². The molecule has 0 radical (unpaired) electrons. The molecule has 1 fully saturated rings. The summed E-state index contributed by atoms with van der Waals surface area (Å²) in [6.07, 6.45) is 6.44. The van der Waals surface area contributed by atoms with E-state index in [1.807, 2.05) is 13.0 Å². The fourth-order valence-corrected chi connectivity index (χ4v) is 4.56. The quantitative estimate of drug-likeness (QED) is 0.426. The molecule has 9 heteroatoms. The molecule has 0 atom stereocenters. The van der Waals surface area contributed by atoms with Gasteiger partial charge in [0.2, 0.25) is 0 Å². The van der Waals surface area contributed by atoms with E-state index < -0.39 is 5.97 Å². The molecular weight excluding hydrogens is 423 g/mol. The minimum absolute atomic E-state index is 0.242. The molecule has 0 aliphatic heterocycles. The number of fused-ring (bicyclic) bond motifs is 2. The summed E-state index contributed by atoms with van der Waals surface area (Å²) in [5.41, 5.74) is 10.9. The number of nitrogens with two attached hydrogens (primary N) is 1. The van der Waals surface area contributed by atoms with E-state index in [1.54, 1.807) is 23.0 Å². The van der Waals surface area contributed by atoms with Gasteiger partial charge in [-0.3, -0.25) is 9.78 Å². The van der Waals surface area contributed by atoms with Crippen molar-refractivity contribution in [1.82, 2.24) is 24.9 Å². The van der Waals surface area contributed by atoms with Gasteiger partial charge < -0.3 is 16.2 Å². The third kappa shape index (κ3) is 4.00. The zero-order valence-electron chi connectivity index (χ0n) is 18.3. The number of hydrogen-bond donors (Lipinski definition) is 3. The van der Waals surface area contributed by atoms with Crippen LogP contribution in [0.1, 0.15) is 36.9 Å². The van der Waals surface area contributed by atoms with Crippen LogP contribution in [-0.4, -0.2) is 36.7 Å². The average Bonchev–Trinajstić information content (AvgIpc) is 3.24. The number of nitrogens with one attached hydrogen (secondary N) is 1. The van der Waals surface area contributed by atoms with Gasteiger partial charge in [-0.05, 0) is 56.9 Å². The van der Waals surface area contributed by atoms with Crippen molar-refractivity contribution in [3.63, 3.8) is 0 Å². The molecule has 5 rings (SSSR count). The number of carboxylic acid groups (broad SMARTS) is 1. The Kier molecular flexibility index (Phi) is 5.41. The smallest absolute Gasteiger partial charge is 0.306 e. The third-order valence-electron chi connectivity index (χ3n) is 6.62. The maximum Gasteiger partial charge on any atom is 0.306 e. The number of nitrogen functional groups attached to an aromatic ring is 1. The molecule has 0 bridgehead atoms. The number of carboxylic acids is 1. The minimum atomic E-state index is -0.705. The van der Waals surface area contributed by atoms with Crippen LogP contribution in [-0.2, 0) is 11.3 Å². The summed E-state index contributed by atoms with van der Waals surface area (Å²) in [7, 11) is 0. The Hall–Kier alpha value is -3.59. The first-order valence-corrected chi connectivity index (χ1v) is 11.1. The molecule has 1 aliphatic carbocycles. The molecule has 8 nitrogen and oxygen atoms in total. The molecule has 3 heterocycles. The van der Waals surface area contributed by atoms with Crippen LogP contribution >= 0.6 is 0 Å². The van der Waals surface area contributed by atoms with Crippen LogP contribution in [0.15, 0.2) is 36.7 Å². The highest BCUT2D eigenvalue weighted by Gasteiger charge is 2.26. The summed E-state index contributed by atoms with van der Waals surface area (Å²) in [5.74, 6) is -0.751. The molecule has 0 saturated heterocycles. The van der Waals surface area contributed by atoms with Gasteiger partial charge in [-0.25, -0.2) is 9.37 Å². The number of carbonyl (C=O) groups is 1. The summed E-state index contributed by atoms with van der Waals surface area (Å²) in [5, 5.41) is 17.8. The Morgan fingerprint density at radius 1 is 1.24 bits per heavy atom. The average molecular weight is 449 g/mol. The largest absolute Gasteiger partial charge is 0.481 e. The van der Waals surface area contributed by atoms with Crippen molar-refractivity contribution in [2.24, 2.45) is 5.92 Å². The first kappa shape index (κ1) is 21.3. The third-order valence-corrected chi connectivity index (χ3v) is 6.62. The van der Waals surface area contributed by atoms with Gasteiger partial charge in [0.25, 0.3) is 0 Å². The molecular formula is C24H25FN6O2. The number of hydrogen-bond acceptors (Lipinski definition) is 6. The van der Waals surface area contributed by atoms with Crippen LogP contribution in [0.25, 0.3) is 27.7 Å². The predicted octanol–water partition coefficient (Wildman–Crippen LogP) is 3.71. The summed E-state index contributed by atoms with van der Waals surface area (Å²) in [4.78, 5) is 20.5. The molecule has 1 aliphatic rings. The van der Waals surface area contributed by atoms with Crippen LogP contribution in [0.3, 0.4) is 0 Å². The second-order valence-electron chi connectivity index (χ2n) is 8.69. The lowest BCUT2D eigenvalue weighted by Crippen LogP contribution is -2.35.